The van der Waals surface area contributed by atoms with Crippen molar-refractivity contribution in [1.82, 2.24) is 5.32 Å². The quantitative estimate of drug-likeness (QED) is 0.630. The fourth-order valence-electron chi connectivity index (χ4n) is 1.83. The van der Waals surface area contributed by atoms with Crippen molar-refractivity contribution in [2.75, 3.05) is 13.7 Å². The molecule has 0 aromatic rings. The maximum Gasteiger partial charge on any atom is 0.103 e. The first-order chi connectivity index (χ1) is 7.93. The number of ether oxygens (including phenoxy) is 1. The van der Waals surface area contributed by atoms with Gasteiger partial charge in [0.25, 0.3) is 0 Å². The summed E-state index contributed by atoms with van der Waals surface area (Å²) in [6.07, 6.45) is 4.40. The van der Waals surface area contributed by atoms with Crippen LogP contribution in [0.4, 0.5) is 0 Å². The van der Waals surface area contributed by atoms with E-state index in [9.17, 15) is 0 Å². The highest BCUT2D eigenvalue weighted by Gasteiger charge is 2.19. The van der Waals surface area contributed by atoms with Crippen molar-refractivity contribution in [3.8, 4) is 6.07 Å². The Kier molecular flexibility index (Phi) is 8.20. The van der Waals surface area contributed by atoms with Gasteiger partial charge in [-0.2, -0.15) is 5.26 Å². The van der Waals surface area contributed by atoms with Gasteiger partial charge in [-0.15, -0.1) is 0 Å². The Morgan fingerprint density at radius 3 is 2.41 bits per heavy atom. The molecule has 17 heavy (non-hydrogen) atoms. The second-order valence-corrected chi connectivity index (χ2v) is 5.46. The van der Waals surface area contributed by atoms with Crippen LogP contribution in [0.5, 0.6) is 0 Å². The number of nitriles is 1. The zero-order chi connectivity index (χ0) is 13.3. The van der Waals surface area contributed by atoms with Gasteiger partial charge in [0.2, 0.25) is 0 Å². The lowest BCUT2D eigenvalue weighted by Gasteiger charge is -2.20. The molecule has 3 nitrogen and oxygen atoms in total. The molecule has 1 N–H and O–H groups in total. The van der Waals surface area contributed by atoms with Crippen LogP contribution >= 0.6 is 0 Å². The third kappa shape index (κ3) is 8.18. The smallest absolute Gasteiger partial charge is 0.103 e. The number of nitrogens with one attached hydrogen (secondary N) is 1. The van der Waals surface area contributed by atoms with E-state index in [-0.39, 0.29) is 5.54 Å². The van der Waals surface area contributed by atoms with Crippen LogP contribution in [-0.4, -0.2) is 25.3 Å². The molecule has 2 unspecified atom stereocenters. The number of hydrogen-bond acceptors (Lipinski definition) is 3. The van der Waals surface area contributed by atoms with E-state index in [1.165, 1.54) is 0 Å². The number of unbranched alkanes of at least 4 members (excludes halogenated alkanes) is 1. The van der Waals surface area contributed by atoms with Crippen molar-refractivity contribution in [1.29, 1.82) is 5.26 Å². The normalized spacial score (nSPS) is 16.5. The number of nitrogens with zero attached hydrogens (tertiary/aromatic N) is 1. The second kappa shape index (κ2) is 8.49. The van der Waals surface area contributed by atoms with E-state index in [0.717, 1.165) is 32.3 Å². The molecule has 0 aliphatic rings. The highest BCUT2D eigenvalue weighted by molar-refractivity contribution is 5.02. The van der Waals surface area contributed by atoms with Gasteiger partial charge in [0.15, 0.2) is 0 Å². The summed E-state index contributed by atoms with van der Waals surface area (Å²) in [5, 5.41) is 12.0. The predicted octanol–water partition coefficient (Wildman–Crippen LogP) is 3.11. The van der Waals surface area contributed by atoms with Crippen molar-refractivity contribution in [3.05, 3.63) is 0 Å². The van der Waals surface area contributed by atoms with E-state index in [1.807, 2.05) is 14.0 Å². The lowest BCUT2D eigenvalue weighted by Crippen LogP contribution is -2.37. The van der Waals surface area contributed by atoms with Gasteiger partial charge in [-0.3, -0.25) is 0 Å². The van der Waals surface area contributed by atoms with Gasteiger partial charge in [0.05, 0.1) is 12.2 Å². The molecular weight excluding hydrogens is 212 g/mol. The Bertz CT molecular complexity index is 235. The first-order valence-corrected chi connectivity index (χ1v) is 6.65. The van der Waals surface area contributed by atoms with Crippen LogP contribution in [0, 0.1) is 17.2 Å². The summed E-state index contributed by atoms with van der Waals surface area (Å²) in [4.78, 5) is 0. The average Bonchev–Trinajstić information content (AvgIpc) is 2.27. The summed E-state index contributed by atoms with van der Waals surface area (Å²) in [5.74, 6) is 0.691. The summed E-state index contributed by atoms with van der Waals surface area (Å²) in [6, 6.07) is 2.30. The van der Waals surface area contributed by atoms with E-state index >= 15 is 0 Å². The summed E-state index contributed by atoms with van der Waals surface area (Å²) >= 11 is 0. The van der Waals surface area contributed by atoms with Gasteiger partial charge in [-0.1, -0.05) is 13.8 Å². The van der Waals surface area contributed by atoms with Gasteiger partial charge < -0.3 is 10.1 Å². The van der Waals surface area contributed by atoms with Crippen molar-refractivity contribution < 1.29 is 4.74 Å². The molecule has 0 spiro atoms. The molecule has 0 saturated heterocycles. The molecule has 0 aliphatic heterocycles. The fraction of sp³-hybridized carbons (Fsp3) is 0.929. The molecule has 0 bridgehead atoms. The van der Waals surface area contributed by atoms with Crippen LogP contribution in [0.1, 0.15) is 53.4 Å². The molecule has 0 aromatic heterocycles. The SMILES string of the molecule is CNC(C)(C#N)CCCCOC(C)CC(C)C. The van der Waals surface area contributed by atoms with Gasteiger partial charge in [0, 0.05) is 6.61 Å². The second-order valence-electron chi connectivity index (χ2n) is 5.46. The Morgan fingerprint density at radius 1 is 1.29 bits per heavy atom. The van der Waals surface area contributed by atoms with Crippen molar-refractivity contribution >= 4 is 0 Å². The van der Waals surface area contributed by atoms with E-state index in [0.29, 0.717) is 12.0 Å². The fourth-order valence-corrected chi connectivity index (χ4v) is 1.83. The Balaban J connectivity index is 3.56. The van der Waals surface area contributed by atoms with Crippen LogP contribution in [-0.2, 0) is 4.74 Å². The van der Waals surface area contributed by atoms with Crippen LogP contribution in [0.15, 0.2) is 0 Å². The largest absolute Gasteiger partial charge is 0.379 e. The first-order valence-electron chi connectivity index (χ1n) is 6.65. The molecule has 0 amide bonds. The van der Waals surface area contributed by atoms with Gasteiger partial charge >= 0.3 is 0 Å². The van der Waals surface area contributed by atoms with Crippen LogP contribution in [0.25, 0.3) is 0 Å². The average molecular weight is 240 g/mol. The predicted molar refractivity (Wildman–Crippen MR) is 71.8 cm³/mol. The molecule has 0 aliphatic carbocycles. The summed E-state index contributed by atoms with van der Waals surface area (Å²) in [5.41, 5.74) is -0.385. The van der Waals surface area contributed by atoms with Gasteiger partial charge in [-0.25, -0.2) is 0 Å². The zero-order valence-corrected chi connectivity index (χ0v) is 12.0. The van der Waals surface area contributed by atoms with Crippen LogP contribution in [0.3, 0.4) is 0 Å². The Hall–Kier alpha value is -0.590. The minimum atomic E-state index is -0.385. The standard InChI is InChI=1S/C14H28N2O/c1-12(2)10-13(3)17-9-7-6-8-14(4,11-15)16-5/h12-13,16H,6-10H2,1-5H3. The minimum Gasteiger partial charge on any atom is -0.379 e. The third-order valence-corrected chi connectivity index (χ3v) is 3.08. The molecule has 0 aromatic carbocycles. The summed E-state index contributed by atoms with van der Waals surface area (Å²) in [6.45, 7) is 9.30. The number of rotatable bonds is 9. The first kappa shape index (κ1) is 16.4. The zero-order valence-electron chi connectivity index (χ0n) is 12.0. The highest BCUT2D eigenvalue weighted by atomic mass is 16.5. The van der Waals surface area contributed by atoms with Crippen molar-refractivity contribution in [2.24, 2.45) is 5.92 Å². The topological polar surface area (TPSA) is 45.0 Å². The molecule has 100 valence electrons. The molecule has 0 radical (unpaired) electrons. The van der Waals surface area contributed by atoms with E-state index in [2.05, 4.69) is 32.2 Å². The highest BCUT2D eigenvalue weighted by Crippen LogP contribution is 2.13. The van der Waals surface area contributed by atoms with Crippen molar-refractivity contribution in [3.63, 3.8) is 0 Å². The molecular formula is C14H28N2O. The monoisotopic (exact) mass is 240 g/mol. The summed E-state index contributed by atoms with van der Waals surface area (Å²) in [7, 11) is 1.84. The van der Waals surface area contributed by atoms with Gasteiger partial charge in [0.1, 0.15) is 5.54 Å². The molecule has 0 saturated carbocycles. The molecule has 0 rings (SSSR count). The lowest BCUT2D eigenvalue weighted by atomic mass is 9.97. The van der Waals surface area contributed by atoms with E-state index in [1.54, 1.807) is 0 Å². The van der Waals surface area contributed by atoms with Gasteiger partial charge in [-0.05, 0) is 52.5 Å². The van der Waals surface area contributed by atoms with Crippen molar-refractivity contribution in [2.45, 2.75) is 65.0 Å². The Labute approximate surface area is 107 Å². The third-order valence-electron chi connectivity index (χ3n) is 3.08. The van der Waals surface area contributed by atoms with E-state index < -0.39 is 0 Å². The summed E-state index contributed by atoms with van der Waals surface area (Å²) < 4.78 is 5.73. The molecule has 0 fully saturated rings. The number of hydrogen-bond donors (Lipinski definition) is 1. The van der Waals surface area contributed by atoms with Crippen LogP contribution < -0.4 is 5.32 Å². The lowest BCUT2D eigenvalue weighted by molar-refractivity contribution is 0.0490. The minimum absolute atomic E-state index is 0.349. The Morgan fingerprint density at radius 2 is 1.94 bits per heavy atom. The molecule has 0 heterocycles. The maximum absolute atomic E-state index is 8.99. The van der Waals surface area contributed by atoms with Crippen LogP contribution in [0.2, 0.25) is 0 Å². The maximum atomic E-state index is 8.99. The molecule has 3 heteroatoms. The van der Waals surface area contributed by atoms with E-state index in [4.69, 9.17) is 10.00 Å². The molecule has 2 atom stereocenters.